The van der Waals surface area contributed by atoms with Crippen molar-refractivity contribution in [1.29, 1.82) is 0 Å². The van der Waals surface area contributed by atoms with E-state index in [4.69, 9.17) is 11.6 Å². The topological polar surface area (TPSA) is 95.6 Å². The van der Waals surface area contributed by atoms with Crippen molar-refractivity contribution in [2.45, 2.75) is 45.2 Å². The van der Waals surface area contributed by atoms with Gasteiger partial charge in [0, 0.05) is 18.9 Å². The second kappa shape index (κ2) is 8.22. The van der Waals surface area contributed by atoms with E-state index in [2.05, 4.69) is 10.6 Å². The molecule has 1 aliphatic rings. The van der Waals surface area contributed by atoms with E-state index in [-0.39, 0.29) is 16.5 Å². The molecule has 0 aliphatic carbocycles. The number of carbonyl (C=O) groups excluding carboxylic acids is 4. The van der Waals surface area contributed by atoms with E-state index in [1.54, 1.807) is 0 Å². The third-order valence-corrected chi connectivity index (χ3v) is 4.59. The molecule has 0 bridgehead atoms. The number of hydrogen-bond donors (Lipinski definition) is 2. The van der Waals surface area contributed by atoms with Crippen LogP contribution in [0, 0.1) is 0 Å². The first-order valence-electron chi connectivity index (χ1n) is 8.48. The van der Waals surface area contributed by atoms with Gasteiger partial charge in [0.25, 0.3) is 11.8 Å². The molecule has 0 unspecified atom stereocenters. The first-order chi connectivity index (χ1) is 12.9. The minimum Gasteiger partial charge on any atom is -0.341 e. The molecular weight excluding hydrogens is 396 g/mol. The van der Waals surface area contributed by atoms with E-state index in [9.17, 15) is 28.0 Å². The molecule has 0 radical (unpaired) electrons. The van der Waals surface area contributed by atoms with E-state index < -0.39 is 48.6 Å². The van der Waals surface area contributed by atoms with Gasteiger partial charge in [0.15, 0.2) is 5.78 Å². The molecule has 7 nitrogen and oxygen atoms in total. The summed E-state index contributed by atoms with van der Waals surface area (Å²) in [7, 11) is 0. The van der Waals surface area contributed by atoms with Gasteiger partial charge in [-0.1, -0.05) is 11.6 Å². The Morgan fingerprint density at radius 3 is 2.43 bits per heavy atom. The summed E-state index contributed by atoms with van der Waals surface area (Å²) >= 11 is 6.01. The molecule has 1 aliphatic heterocycles. The molecule has 0 spiro atoms. The van der Waals surface area contributed by atoms with Crippen LogP contribution in [0.5, 0.6) is 0 Å². The molecule has 1 aromatic carbocycles. The van der Waals surface area contributed by atoms with E-state index in [0.717, 1.165) is 11.8 Å². The Hall–Kier alpha value is -2.55. The molecule has 2 rings (SSSR count). The molecule has 10 heteroatoms. The number of nitrogens with one attached hydrogen (secondary N) is 2. The van der Waals surface area contributed by atoms with Gasteiger partial charge in [0.2, 0.25) is 11.8 Å². The lowest BCUT2D eigenvalue weighted by molar-refractivity contribution is -0.138. The predicted molar refractivity (Wildman–Crippen MR) is 98.4 cm³/mol. The Morgan fingerprint density at radius 1 is 1.25 bits per heavy atom. The van der Waals surface area contributed by atoms with E-state index in [1.807, 2.05) is 0 Å². The smallest absolute Gasteiger partial charge is 0.267 e. The summed E-state index contributed by atoms with van der Waals surface area (Å²) in [6.07, 6.45) is -0.727. The molecule has 0 saturated carbocycles. The van der Waals surface area contributed by atoms with Crippen molar-refractivity contribution in [3.8, 4) is 0 Å². The monoisotopic (exact) mass is 415 g/mol. The van der Waals surface area contributed by atoms with Gasteiger partial charge in [-0.3, -0.25) is 19.2 Å². The van der Waals surface area contributed by atoms with Gasteiger partial charge in [-0.2, -0.15) is 0 Å². The number of anilines is 1. The lowest BCUT2D eigenvalue weighted by atomic mass is 10.1. The Labute approximate surface area is 165 Å². The highest BCUT2D eigenvalue weighted by Gasteiger charge is 2.49. The number of amides is 3. The summed E-state index contributed by atoms with van der Waals surface area (Å²) < 4.78 is 27.3. The van der Waals surface area contributed by atoms with Gasteiger partial charge >= 0.3 is 0 Å². The second-order valence-corrected chi connectivity index (χ2v) is 7.13. The highest BCUT2D eigenvalue weighted by atomic mass is 35.5. The Kier molecular flexibility index (Phi) is 6.38. The van der Waals surface area contributed by atoms with Crippen LogP contribution in [-0.4, -0.2) is 53.0 Å². The van der Waals surface area contributed by atoms with Crippen LogP contribution in [-0.2, 0) is 14.4 Å². The van der Waals surface area contributed by atoms with Crippen molar-refractivity contribution in [2.24, 2.45) is 0 Å². The summed E-state index contributed by atoms with van der Waals surface area (Å²) in [6.45, 7) is 2.93. The van der Waals surface area contributed by atoms with Crippen LogP contribution in [0.4, 0.5) is 14.5 Å². The average Bonchev–Trinajstić information content (AvgIpc) is 2.91. The number of halogens is 3. The fourth-order valence-electron chi connectivity index (χ4n) is 2.95. The first kappa shape index (κ1) is 21.7. The van der Waals surface area contributed by atoms with Crippen molar-refractivity contribution in [2.75, 3.05) is 11.9 Å². The summed E-state index contributed by atoms with van der Waals surface area (Å²) in [5.41, 5.74) is 0.437. The summed E-state index contributed by atoms with van der Waals surface area (Å²) in [4.78, 5) is 48.4. The maximum Gasteiger partial charge on any atom is 0.267 e. The van der Waals surface area contributed by atoms with Gasteiger partial charge in [-0.25, -0.2) is 8.78 Å². The fraction of sp³-hybridized carbons (Fsp3) is 0.444. The maximum atomic E-state index is 13.7. The van der Waals surface area contributed by atoms with Gasteiger partial charge in [0.1, 0.15) is 6.04 Å². The zero-order chi connectivity index (χ0) is 21.2. The van der Waals surface area contributed by atoms with Crippen molar-refractivity contribution in [1.82, 2.24) is 10.2 Å². The number of Topliss-reactive ketones (excluding diaryl/α,β-unsaturated/α-hetero) is 1. The maximum absolute atomic E-state index is 13.7. The summed E-state index contributed by atoms with van der Waals surface area (Å²) in [5, 5.41) is 5.03. The molecule has 152 valence electrons. The van der Waals surface area contributed by atoms with Crippen LogP contribution >= 0.6 is 11.6 Å². The average molecular weight is 416 g/mol. The van der Waals surface area contributed by atoms with Crippen molar-refractivity contribution < 1.29 is 28.0 Å². The van der Waals surface area contributed by atoms with E-state index in [1.165, 1.54) is 32.0 Å². The molecule has 0 aromatic heterocycles. The lowest BCUT2D eigenvalue weighted by Gasteiger charge is -2.25. The number of hydrogen-bond acceptors (Lipinski definition) is 4. The number of benzene rings is 1. The lowest BCUT2D eigenvalue weighted by Crippen LogP contribution is -2.50. The number of ketones is 1. The van der Waals surface area contributed by atoms with Crippen molar-refractivity contribution in [3.63, 3.8) is 0 Å². The van der Waals surface area contributed by atoms with Gasteiger partial charge in [0.05, 0.1) is 23.3 Å². The zero-order valence-electron chi connectivity index (χ0n) is 15.5. The zero-order valence-corrected chi connectivity index (χ0v) is 16.3. The SMILES string of the molecule is CC(=O)Nc1ccc(C(=O)N[C@@H](C)C(=O)N2CC(F)(F)C[C@H]2C(C)=O)cc1Cl. The largest absolute Gasteiger partial charge is 0.341 e. The molecule has 1 aromatic rings. The molecule has 1 fully saturated rings. The Morgan fingerprint density at radius 2 is 1.89 bits per heavy atom. The quantitative estimate of drug-likeness (QED) is 0.771. The highest BCUT2D eigenvalue weighted by molar-refractivity contribution is 6.34. The standard InChI is InChI=1S/C18H20ClF2N3O4/c1-9(17(28)24-8-18(20,21)7-15(24)10(2)25)22-16(27)12-4-5-14(13(19)6-12)23-11(3)26/h4-6,9,15H,7-8H2,1-3H3,(H,22,27)(H,23,26)/t9-,15-/m0/s1. The van der Waals surface area contributed by atoms with Crippen LogP contribution in [0.1, 0.15) is 37.6 Å². The molecule has 2 N–H and O–H groups in total. The number of likely N-dealkylation sites (tertiary alicyclic amines) is 1. The summed E-state index contributed by atoms with van der Waals surface area (Å²) in [6, 6.07) is 1.79. The van der Waals surface area contributed by atoms with E-state index >= 15 is 0 Å². The number of nitrogens with zero attached hydrogens (tertiary/aromatic N) is 1. The van der Waals surface area contributed by atoms with Gasteiger partial charge < -0.3 is 15.5 Å². The molecule has 3 amide bonds. The van der Waals surface area contributed by atoms with E-state index in [0.29, 0.717) is 5.69 Å². The van der Waals surface area contributed by atoms with Crippen molar-refractivity contribution >= 4 is 40.8 Å². The first-order valence-corrected chi connectivity index (χ1v) is 8.86. The predicted octanol–water partition coefficient (Wildman–Crippen LogP) is 2.24. The van der Waals surface area contributed by atoms with Crippen LogP contribution in [0.15, 0.2) is 18.2 Å². The summed E-state index contributed by atoms with van der Waals surface area (Å²) in [5.74, 6) is -5.44. The molecule has 2 atom stereocenters. The molecule has 1 heterocycles. The van der Waals surface area contributed by atoms with Crippen LogP contribution in [0.25, 0.3) is 0 Å². The third kappa shape index (κ3) is 5.03. The third-order valence-electron chi connectivity index (χ3n) is 4.28. The number of carbonyl (C=O) groups is 4. The molecule has 28 heavy (non-hydrogen) atoms. The number of rotatable bonds is 5. The van der Waals surface area contributed by atoms with Crippen molar-refractivity contribution in [3.05, 3.63) is 28.8 Å². The Balaban J connectivity index is 2.09. The van der Waals surface area contributed by atoms with Crippen LogP contribution in [0.3, 0.4) is 0 Å². The van der Waals surface area contributed by atoms with Crippen LogP contribution < -0.4 is 10.6 Å². The highest BCUT2D eigenvalue weighted by Crippen LogP contribution is 2.33. The minimum atomic E-state index is -3.15. The Bertz CT molecular complexity index is 831. The van der Waals surface area contributed by atoms with Gasteiger partial charge in [-0.05, 0) is 32.0 Å². The normalized spacial score (nSPS) is 19.1. The second-order valence-electron chi connectivity index (χ2n) is 6.72. The molecule has 1 saturated heterocycles. The molecular formula is C18H20ClF2N3O4. The fourth-order valence-corrected chi connectivity index (χ4v) is 3.18. The minimum absolute atomic E-state index is 0.119. The van der Waals surface area contributed by atoms with Gasteiger partial charge in [-0.15, -0.1) is 0 Å². The number of alkyl halides is 2. The van der Waals surface area contributed by atoms with Crippen LogP contribution in [0.2, 0.25) is 5.02 Å².